The summed E-state index contributed by atoms with van der Waals surface area (Å²) in [6, 6.07) is 2.94. The lowest BCUT2D eigenvalue weighted by molar-refractivity contribution is -0.141. The van der Waals surface area contributed by atoms with E-state index < -0.39 is 0 Å². The Morgan fingerprint density at radius 3 is 1.73 bits per heavy atom. The number of esters is 2. The van der Waals surface area contributed by atoms with Crippen molar-refractivity contribution >= 4 is 11.9 Å². The molecule has 5 aliphatic rings. The zero-order valence-electron chi connectivity index (χ0n) is 28.6. The summed E-state index contributed by atoms with van der Waals surface area (Å²) in [6.07, 6.45) is 8.95. The van der Waals surface area contributed by atoms with Crippen molar-refractivity contribution in [1.29, 1.82) is 0 Å². The molecule has 8 heteroatoms. The van der Waals surface area contributed by atoms with Gasteiger partial charge in [0, 0.05) is 61.2 Å². The maximum absolute atomic E-state index is 12.3. The van der Waals surface area contributed by atoms with Gasteiger partial charge in [-0.2, -0.15) is 0 Å². The largest absolute Gasteiger partial charge is 0.469 e. The standard InChI is InChI=1S/C36H60N4O4/c1-9-23-19(3)27-15-28-20(4)24(10-2)32(38-28)17-30-22(6)26(12-14-36(42)44-8)34(40-30)18-33-25(11-13-35(41)43-7)21(5)29(39-33)16-31(23)37-27/h19,22-23,26-34,37-40H,9-18H2,1-8H3. The highest BCUT2D eigenvalue weighted by atomic mass is 16.5. The Labute approximate surface area is 266 Å². The molecule has 0 aromatic rings. The van der Waals surface area contributed by atoms with E-state index >= 15 is 0 Å². The van der Waals surface area contributed by atoms with Crippen LogP contribution in [-0.4, -0.2) is 74.5 Å². The molecule has 3 fully saturated rings. The minimum Gasteiger partial charge on any atom is -0.469 e. The van der Waals surface area contributed by atoms with Gasteiger partial charge in [-0.25, -0.2) is 0 Å². The first-order valence-corrected chi connectivity index (χ1v) is 17.7. The molecule has 5 rings (SSSR count). The molecule has 0 aliphatic carbocycles. The molecule has 5 heterocycles. The number of hydrogen-bond donors (Lipinski definition) is 4. The van der Waals surface area contributed by atoms with Crippen molar-refractivity contribution < 1.29 is 19.1 Å². The first-order valence-electron chi connectivity index (χ1n) is 17.7. The second-order valence-corrected chi connectivity index (χ2v) is 14.7. The van der Waals surface area contributed by atoms with Gasteiger partial charge in [0.15, 0.2) is 0 Å². The van der Waals surface area contributed by atoms with Crippen LogP contribution in [0.15, 0.2) is 22.3 Å². The second-order valence-electron chi connectivity index (χ2n) is 14.7. The van der Waals surface area contributed by atoms with E-state index in [0.29, 0.717) is 72.8 Å². The van der Waals surface area contributed by atoms with Crippen LogP contribution in [0.1, 0.15) is 106 Å². The van der Waals surface area contributed by atoms with Gasteiger partial charge in [-0.05, 0) is 82.5 Å². The summed E-state index contributed by atoms with van der Waals surface area (Å²) < 4.78 is 10.1. The van der Waals surface area contributed by atoms with Gasteiger partial charge >= 0.3 is 11.9 Å². The fourth-order valence-corrected chi connectivity index (χ4v) is 10.1. The number of hydrogen-bond acceptors (Lipinski definition) is 8. The minimum absolute atomic E-state index is 0.124. The number of rotatable bonds is 8. The van der Waals surface area contributed by atoms with Crippen molar-refractivity contribution in [3.8, 4) is 0 Å². The van der Waals surface area contributed by atoms with Crippen molar-refractivity contribution in [2.24, 2.45) is 23.7 Å². The van der Waals surface area contributed by atoms with Crippen molar-refractivity contribution in [1.82, 2.24) is 21.3 Å². The van der Waals surface area contributed by atoms with Crippen LogP contribution in [0.3, 0.4) is 0 Å². The van der Waals surface area contributed by atoms with Gasteiger partial charge in [0.1, 0.15) is 0 Å². The Balaban J connectivity index is 1.48. The van der Waals surface area contributed by atoms with Crippen molar-refractivity contribution in [2.75, 3.05) is 14.2 Å². The monoisotopic (exact) mass is 612 g/mol. The molecule has 5 aliphatic heterocycles. The molecule has 4 N–H and O–H groups in total. The van der Waals surface area contributed by atoms with E-state index in [1.807, 2.05) is 0 Å². The summed E-state index contributed by atoms with van der Waals surface area (Å²) in [5.74, 6) is 1.84. The fraction of sp³-hybridized carbons (Fsp3) is 0.833. The molecule has 8 bridgehead atoms. The molecule has 0 aromatic carbocycles. The van der Waals surface area contributed by atoms with Crippen LogP contribution >= 0.6 is 0 Å². The molecule has 248 valence electrons. The highest BCUT2D eigenvalue weighted by Gasteiger charge is 2.47. The van der Waals surface area contributed by atoms with Gasteiger partial charge in [0.05, 0.1) is 14.2 Å². The van der Waals surface area contributed by atoms with E-state index in [-0.39, 0.29) is 24.0 Å². The topological polar surface area (TPSA) is 101 Å². The average molecular weight is 613 g/mol. The maximum atomic E-state index is 12.3. The van der Waals surface area contributed by atoms with Gasteiger partial charge in [-0.1, -0.05) is 56.4 Å². The minimum atomic E-state index is -0.146. The van der Waals surface area contributed by atoms with E-state index in [0.717, 1.165) is 44.9 Å². The average Bonchev–Trinajstić information content (AvgIpc) is 3.67. The molecule has 44 heavy (non-hydrogen) atoms. The van der Waals surface area contributed by atoms with E-state index in [4.69, 9.17) is 9.47 Å². The smallest absolute Gasteiger partial charge is 0.305 e. The lowest BCUT2D eigenvalue weighted by atomic mass is 9.80. The quantitative estimate of drug-likeness (QED) is 0.230. The van der Waals surface area contributed by atoms with Gasteiger partial charge in [-0.15, -0.1) is 0 Å². The Kier molecular flexibility index (Phi) is 11.0. The number of carbonyl (C=O) groups excluding carboxylic acids is 2. The van der Waals surface area contributed by atoms with Crippen molar-refractivity contribution in [3.05, 3.63) is 22.3 Å². The van der Waals surface area contributed by atoms with Gasteiger partial charge < -0.3 is 30.7 Å². The van der Waals surface area contributed by atoms with Crippen molar-refractivity contribution in [3.63, 3.8) is 0 Å². The molecular formula is C36H60N4O4. The molecule has 0 radical (unpaired) electrons. The Morgan fingerprint density at radius 1 is 0.659 bits per heavy atom. The molecule has 8 nitrogen and oxygen atoms in total. The van der Waals surface area contributed by atoms with Crippen LogP contribution in [0.25, 0.3) is 0 Å². The summed E-state index contributed by atoms with van der Waals surface area (Å²) >= 11 is 0. The summed E-state index contributed by atoms with van der Waals surface area (Å²) in [6.45, 7) is 14.2. The first kappa shape index (κ1) is 33.6. The molecule has 0 spiro atoms. The SMILES string of the molecule is CCC1=C(C)C2CC3NC(CC4NC(CC5NC(CC1N2)C(C)C5CCC(=O)OC)C(CCC(=O)OC)=C4C)C(CC)C3C. The Bertz CT molecular complexity index is 1120. The lowest BCUT2D eigenvalue weighted by Crippen LogP contribution is -2.46. The predicted molar refractivity (Wildman–Crippen MR) is 175 cm³/mol. The lowest BCUT2D eigenvalue weighted by Gasteiger charge is -2.28. The number of fused-ring (bicyclic) bond motifs is 8. The molecule has 0 amide bonds. The van der Waals surface area contributed by atoms with Crippen LogP contribution in [0.4, 0.5) is 0 Å². The van der Waals surface area contributed by atoms with E-state index in [9.17, 15) is 9.59 Å². The molecule has 12 atom stereocenters. The van der Waals surface area contributed by atoms with Crippen LogP contribution in [0.5, 0.6) is 0 Å². The zero-order chi connectivity index (χ0) is 31.7. The summed E-state index contributed by atoms with van der Waals surface area (Å²) in [5.41, 5.74) is 5.96. The highest BCUT2D eigenvalue weighted by Crippen LogP contribution is 2.42. The second kappa shape index (κ2) is 14.4. The molecule has 3 saturated heterocycles. The van der Waals surface area contributed by atoms with E-state index in [1.165, 1.54) is 31.8 Å². The van der Waals surface area contributed by atoms with Crippen LogP contribution in [-0.2, 0) is 19.1 Å². The number of ether oxygens (including phenoxy) is 2. The van der Waals surface area contributed by atoms with E-state index in [1.54, 1.807) is 11.1 Å². The highest BCUT2D eigenvalue weighted by molar-refractivity contribution is 5.69. The molecular weight excluding hydrogens is 552 g/mol. The predicted octanol–water partition coefficient (Wildman–Crippen LogP) is 4.79. The summed E-state index contributed by atoms with van der Waals surface area (Å²) in [7, 11) is 2.97. The molecule has 12 unspecified atom stereocenters. The third-order valence-corrected chi connectivity index (χ3v) is 12.8. The Hall–Kier alpha value is -1.74. The molecule has 0 aromatic heterocycles. The third-order valence-electron chi connectivity index (χ3n) is 12.8. The summed E-state index contributed by atoms with van der Waals surface area (Å²) in [4.78, 5) is 24.5. The third kappa shape index (κ3) is 6.70. The number of methoxy groups -OCH3 is 2. The van der Waals surface area contributed by atoms with E-state index in [2.05, 4.69) is 62.8 Å². The summed E-state index contributed by atoms with van der Waals surface area (Å²) in [5, 5.41) is 16.5. The number of nitrogens with one attached hydrogen (secondary N) is 4. The van der Waals surface area contributed by atoms with Crippen molar-refractivity contribution in [2.45, 2.75) is 154 Å². The molecule has 0 saturated carbocycles. The van der Waals surface area contributed by atoms with Crippen LogP contribution < -0.4 is 21.3 Å². The van der Waals surface area contributed by atoms with Crippen LogP contribution in [0, 0.1) is 23.7 Å². The van der Waals surface area contributed by atoms with Gasteiger partial charge in [-0.3, -0.25) is 9.59 Å². The van der Waals surface area contributed by atoms with Gasteiger partial charge in [0.2, 0.25) is 0 Å². The fourth-order valence-electron chi connectivity index (χ4n) is 10.1. The number of carbonyl (C=O) groups is 2. The zero-order valence-corrected chi connectivity index (χ0v) is 28.6. The van der Waals surface area contributed by atoms with Crippen LogP contribution in [0.2, 0.25) is 0 Å². The first-order chi connectivity index (χ1) is 21.1. The Morgan fingerprint density at radius 2 is 1.14 bits per heavy atom. The van der Waals surface area contributed by atoms with Gasteiger partial charge in [0.25, 0.3) is 0 Å². The normalized spacial score (nSPS) is 40.5. The maximum Gasteiger partial charge on any atom is 0.305 e.